The second-order valence-electron chi connectivity index (χ2n) is 2.52. The third-order valence-corrected chi connectivity index (χ3v) is 1.35. The van der Waals surface area contributed by atoms with Crippen molar-refractivity contribution in [1.82, 2.24) is 5.32 Å². The van der Waals surface area contributed by atoms with Gasteiger partial charge in [-0.1, -0.05) is 0 Å². The van der Waals surface area contributed by atoms with Gasteiger partial charge in [0.2, 0.25) is 0 Å². The molecule has 66 valence electrons. The minimum Gasteiger partial charge on any atom is -0.391 e. The molecule has 0 aromatic heterocycles. The smallest absolute Gasteiger partial charge is 0.312 e. The number of aliphatic hydroxyl groups is 2. The molecule has 0 radical (unpaired) electrons. The second kappa shape index (κ2) is 4.15. The molecule has 0 aromatic carbocycles. The van der Waals surface area contributed by atoms with Gasteiger partial charge < -0.3 is 21.3 Å². The van der Waals surface area contributed by atoms with Gasteiger partial charge in [-0.15, -0.1) is 0 Å². The van der Waals surface area contributed by atoms with Crippen LogP contribution in [0.25, 0.3) is 0 Å². The van der Waals surface area contributed by atoms with Crippen molar-refractivity contribution in [1.29, 1.82) is 0 Å². The van der Waals surface area contributed by atoms with Gasteiger partial charge in [-0.25, -0.2) is 4.79 Å². The molecule has 0 aliphatic carbocycles. The zero-order valence-electron chi connectivity index (χ0n) is 6.61. The fourth-order valence-electron chi connectivity index (χ4n) is 0.809. The Hall–Kier alpha value is -0.810. The Balaban J connectivity index is 4.00. The largest absolute Gasteiger partial charge is 0.391 e. The van der Waals surface area contributed by atoms with Crippen molar-refractivity contribution in [3.05, 3.63) is 0 Å². The Kier molecular flexibility index (Phi) is 3.84. The van der Waals surface area contributed by atoms with Crippen LogP contribution in [0.3, 0.4) is 0 Å². The van der Waals surface area contributed by atoms with Gasteiger partial charge in [0, 0.05) is 0 Å². The van der Waals surface area contributed by atoms with Crippen molar-refractivity contribution in [3.8, 4) is 0 Å². The average molecular weight is 162 g/mol. The topological polar surface area (TPSA) is 95.6 Å². The highest BCUT2D eigenvalue weighted by molar-refractivity contribution is 5.72. The van der Waals surface area contributed by atoms with Crippen LogP contribution in [0, 0.1) is 0 Å². The van der Waals surface area contributed by atoms with Crippen molar-refractivity contribution < 1.29 is 15.0 Å². The van der Waals surface area contributed by atoms with Gasteiger partial charge in [0.15, 0.2) is 0 Å². The summed E-state index contributed by atoms with van der Waals surface area (Å²) in [6.45, 7) is 2.93. The summed E-state index contributed by atoms with van der Waals surface area (Å²) in [6.07, 6.45) is -1.63. The summed E-state index contributed by atoms with van der Waals surface area (Å²) in [7, 11) is 0. The summed E-state index contributed by atoms with van der Waals surface area (Å²) in [5.41, 5.74) is 4.80. The fourth-order valence-corrected chi connectivity index (χ4v) is 0.809. The summed E-state index contributed by atoms with van der Waals surface area (Å²) < 4.78 is 0. The normalized spacial score (nSPS) is 18.5. The highest BCUT2D eigenvalue weighted by Gasteiger charge is 2.20. The van der Waals surface area contributed by atoms with Crippen molar-refractivity contribution in [2.24, 2.45) is 5.73 Å². The average Bonchev–Trinajstić information content (AvgIpc) is 1.81. The molecule has 0 aliphatic rings. The molecule has 2 amide bonds. The van der Waals surface area contributed by atoms with Gasteiger partial charge in [0.1, 0.15) is 0 Å². The first-order chi connectivity index (χ1) is 4.95. The lowest BCUT2D eigenvalue weighted by molar-refractivity contribution is 0.0621. The molecule has 5 nitrogen and oxygen atoms in total. The molecule has 0 fully saturated rings. The number of amides is 2. The number of primary amides is 1. The third-order valence-electron chi connectivity index (χ3n) is 1.35. The SMILES string of the molecule is CC(O)C(NC(N)=O)C(C)O. The van der Waals surface area contributed by atoms with E-state index in [1.54, 1.807) is 0 Å². The minimum absolute atomic E-state index is 0.701. The standard InChI is InChI=1S/C6H14N2O3/c1-3(9)5(4(2)10)8-6(7)11/h3-5,9-10H,1-2H3,(H3,7,8,11). The number of hydrogen-bond acceptors (Lipinski definition) is 3. The Morgan fingerprint density at radius 2 is 1.73 bits per heavy atom. The first kappa shape index (κ1) is 10.2. The molecule has 11 heavy (non-hydrogen) atoms. The van der Waals surface area contributed by atoms with E-state index in [2.05, 4.69) is 5.32 Å². The molecule has 2 unspecified atom stereocenters. The maximum atomic E-state index is 10.3. The number of nitrogens with two attached hydrogens (primary N) is 1. The van der Waals surface area contributed by atoms with Crippen molar-refractivity contribution >= 4 is 6.03 Å². The molecular weight excluding hydrogens is 148 g/mol. The number of rotatable bonds is 3. The summed E-state index contributed by atoms with van der Waals surface area (Å²) in [5.74, 6) is 0. The predicted molar refractivity (Wildman–Crippen MR) is 39.9 cm³/mol. The summed E-state index contributed by atoms with van der Waals surface area (Å²) in [5, 5.41) is 20.2. The Labute approximate surface area is 65.2 Å². The lowest BCUT2D eigenvalue weighted by Gasteiger charge is -2.22. The summed E-state index contributed by atoms with van der Waals surface area (Å²) >= 11 is 0. The number of nitrogens with one attached hydrogen (secondary N) is 1. The first-order valence-corrected chi connectivity index (χ1v) is 3.37. The van der Waals surface area contributed by atoms with E-state index < -0.39 is 24.3 Å². The maximum Gasteiger partial charge on any atom is 0.312 e. The van der Waals surface area contributed by atoms with Crippen LogP contribution < -0.4 is 11.1 Å². The van der Waals surface area contributed by atoms with E-state index in [-0.39, 0.29) is 0 Å². The molecule has 0 aliphatic heterocycles. The molecule has 0 bridgehead atoms. The van der Waals surface area contributed by atoms with E-state index >= 15 is 0 Å². The number of aliphatic hydroxyl groups excluding tert-OH is 2. The van der Waals surface area contributed by atoms with Crippen LogP contribution in [0.5, 0.6) is 0 Å². The molecule has 0 aromatic rings. The Bertz CT molecular complexity index is 128. The van der Waals surface area contributed by atoms with E-state index in [4.69, 9.17) is 15.9 Å². The van der Waals surface area contributed by atoms with Gasteiger partial charge in [0.05, 0.1) is 18.2 Å². The van der Waals surface area contributed by atoms with Crippen LogP contribution in [0.4, 0.5) is 4.79 Å². The number of urea groups is 1. The van der Waals surface area contributed by atoms with Crippen LogP contribution >= 0.6 is 0 Å². The van der Waals surface area contributed by atoms with Gasteiger partial charge in [0.25, 0.3) is 0 Å². The van der Waals surface area contributed by atoms with Crippen molar-refractivity contribution in [2.75, 3.05) is 0 Å². The Morgan fingerprint density at radius 3 is 1.82 bits per heavy atom. The van der Waals surface area contributed by atoms with Gasteiger partial charge in [-0.3, -0.25) is 0 Å². The van der Waals surface area contributed by atoms with Crippen LogP contribution in [-0.4, -0.2) is 34.5 Å². The van der Waals surface area contributed by atoms with Gasteiger partial charge in [-0.05, 0) is 13.8 Å². The zero-order chi connectivity index (χ0) is 9.02. The summed E-state index contributed by atoms with van der Waals surface area (Å²) in [4.78, 5) is 10.3. The van der Waals surface area contributed by atoms with Crippen LogP contribution in [-0.2, 0) is 0 Å². The van der Waals surface area contributed by atoms with Crippen LogP contribution in [0.2, 0.25) is 0 Å². The van der Waals surface area contributed by atoms with E-state index in [0.29, 0.717) is 0 Å². The number of carbonyl (C=O) groups is 1. The van der Waals surface area contributed by atoms with Gasteiger partial charge in [-0.2, -0.15) is 0 Å². The monoisotopic (exact) mass is 162 g/mol. The number of hydrogen-bond donors (Lipinski definition) is 4. The van der Waals surface area contributed by atoms with E-state index in [1.165, 1.54) is 13.8 Å². The molecule has 0 rings (SSSR count). The molecule has 5 N–H and O–H groups in total. The molecular formula is C6H14N2O3. The maximum absolute atomic E-state index is 10.3. The second-order valence-corrected chi connectivity index (χ2v) is 2.52. The third kappa shape index (κ3) is 3.79. The molecule has 5 heteroatoms. The van der Waals surface area contributed by atoms with E-state index in [9.17, 15) is 4.79 Å². The zero-order valence-corrected chi connectivity index (χ0v) is 6.61. The predicted octanol–water partition coefficient (Wildman–Crippen LogP) is -1.22. The lowest BCUT2D eigenvalue weighted by Crippen LogP contribution is -2.50. The lowest BCUT2D eigenvalue weighted by atomic mass is 10.1. The molecule has 0 heterocycles. The van der Waals surface area contributed by atoms with E-state index in [1.807, 2.05) is 0 Å². The van der Waals surface area contributed by atoms with Crippen LogP contribution in [0.1, 0.15) is 13.8 Å². The van der Waals surface area contributed by atoms with Gasteiger partial charge >= 0.3 is 6.03 Å². The van der Waals surface area contributed by atoms with Crippen LogP contribution in [0.15, 0.2) is 0 Å². The van der Waals surface area contributed by atoms with Crippen molar-refractivity contribution in [2.45, 2.75) is 32.1 Å². The van der Waals surface area contributed by atoms with Crippen molar-refractivity contribution in [3.63, 3.8) is 0 Å². The molecule has 0 saturated heterocycles. The quantitative estimate of drug-likeness (QED) is 0.419. The molecule has 0 spiro atoms. The highest BCUT2D eigenvalue weighted by atomic mass is 16.3. The fraction of sp³-hybridized carbons (Fsp3) is 0.833. The minimum atomic E-state index is -0.817. The molecule has 0 saturated carbocycles. The molecule has 2 atom stereocenters. The Morgan fingerprint density at radius 1 is 1.36 bits per heavy atom. The number of carbonyl (C=O) groups excluding carboxylic acids is 1. The highest BCUT2D eigenvalue weighted by Crippen LogP contribution is 1.98. The first-order valence-electron chi connectivity index (χ1n) is 3.37. The summed E-state index contributed by atoms with van der Waals surface area (Å²) in [6, 6.07) is -1.45. The van der Waals surface area contributed by atoms with E-state index in [0.717, 1.165) is 0 Å².